The van der Waals surface area contributed by atoms with E-state index in [9.17, 15) is 4.79 Å². The highest BCUT2D eigenvalue weighted by molar-refractivity contribution is 6.04. The Labute approximate surface area is 141 Å². The van der Waals surface area contributed by atoms with Gasteiger partial charge in [-0.1, -0.05) is 6.08 Å². The zero-order valence-electron chi connectivity index (χ0n) is 14.1. The minimum Gasteiger partial charge on any atom is -0.496 e. The van der Waals surface area contributed by atoms with Crippen LogP contribution in [0.4, 0.5) is 5.69 Å². The first-order chi connectivity index (χ1) is 11.6. The second-order valence-electron chi connectivity index (χ2n) is 5.04. The Kier molecular flexibility index (Phi) is 5.84. The van der Waals surface area contributed by atoms with Crippen LogP contribution >= 0.6 is 0 Å². The summed E-state index contributed by atoms with van der Waals surface area (Å²) in [5, 5.41) is 2.85. The maximum Gasteiger partial charge on any atom is 0.255 e. The molecule has 2 aromatic rings. The van der Waals surface area contributed by atoms with Gasteiger partial charge >= 0.3 is 0 Å². The van der Waals surface area contributed by atoms with Gasteiger partial charge in [-0.15, -0.1) is 6.58 Å². The van der Waals surface area contributed by atoms with E-state index in [1.807, 2.05) is 0 Å². The van der Waals surface area contributed by atoms with Gasteiger partial charge in [0.2, 0.25) is 0 Å². The normalized spacial score (nSPS) is 9.96. The van der Waals surface area contributed by atoms with Crippen LogP contribution in [-0.2, 0) is 6.42 Å². The maximum absolute atomic E-state index is 12.5. The molecule has 0 radical (unpaired) electrons. The predicted molar refractivity (Wildman–Crippen MR) is 94.4 cm³/mol. The van der Waals surface area contributed by atoms with Crippen molar-refractivity contribution in [2.24, 2.45) is 0 Å². The van der Waals surface area contributed by atoms with E-state index in [2.05, 4.69) is 11.9 Å². The van der Waals surface area contributed by atoms with Crippen molar-refractivity contribution in [2.45, 2.75) is 6.42 Å². The van der Waals surface area contributed by atoms with Crippen molar-refractivity contribution in [1.29, 1.82) is 0 Å². The summed E-state index contributed by atoms with van der Waals surface area (Å²) in [5.74, 6) is 1.68. The van der Waals surface area contributed by atoms with Crippen LogP contribution in [0.1, 0.15) is 15.9 Å². The molecule has 0 saturated heterocycles. The van der Waals surface area contributed by atoms with Crippen LogP contribution in [0.2, 0.25) is 0 Å². The topological polar surface area (TPSA) is 56.8 Å². The average molecular weight is 327 g/mol. The van der Waals surface area contributed by atoms with Crippen LogP contribution in [0.5, 0.6) is 17.2 Å². The quantitative estimate of drug-likeness (QED) is 0.788. The standard InChI is InChI=1S/C19H21NO4/c1-5-6-13-11-14(7-9-16(13)22-2)19(21)20-15-8-10-17(23-3)18(12-15)24-4/h5,7-12H,1,6H2,2-4H3,(H,20,21). The van der Waals surface area contributed by atoms with Crippen molar-refractivity contribution in [2.75, 3.05) is 26.6 Å². The van der Waals surface area contributed by atoms with E-state index in [4.69, 9.17) is 14.2 Å². The van der Waals surface area contributed by atoms with Crippen LogP contribution in [0.25, 0.3) is 0 Å². The molecule has 126 valence electrons. The van der Waals surface area contributed by atoms with Gasteiger partial charge in [-0.2, -0.15) is 0 Å². The number of amides is 1. The van der Waals surface area contributed by atoms with Gasteiger partial charge in [-0.25, -0.2) is 0 Å². The van der Waals surface area contributed by atoms with E-state index >= 15 is 0 Å². The lowest BCUT2D eigenvalue weighted by molar-refractivity contribution is 0.102. The fraction of sp³-hybridized carbons (Fsp3) is 0.211. The maximum atomic E-state index is 12.5. The van der Waals surface area contributed by atoms with Crippen molar-refractivity contribution in [3.05, 3.63) is 60.2 Å². The van der Waals surface area contributed by atoms with Gasteiger partial charge in [0.1, 0.15) is 5.75 Å². The first-order valence-electron chi connectivity index (χ1n) is 7.44. The van der Waals surface area contributed by atoms with Crippen molar-refractivity contribution in [3.8, 4) is 17.2 Å². The Bertz CT molecular complexity index is 740. The molecule has 0 aliphatic heterocycles. The molecule has 0 bridgehead atoms. The number of benzene rings is 2. The third kappa shape index (κ3) is 3.87. The minimum absolute atomic E-state index is 0.213. The van der Waals surface area contributed by atoms with Crippen molar-refractivity contribution < 1.29 is 19.0 Å². The Balaban J connectivity index is 2.23. The molecule has 0 fully saturated rings. The van der Waals surface area contributed by atoms with Crippen molar-refractivity contribution in [1.82, 2.24) is 0 Å². The first-order valence-corrected chi connectivity index (χ1v) is 7.44. The molecule has 0 spiro atoms. The Morgan fingerprint density at radius 1 is 1.00 bits per heavy atom. The number of rotatable bonds is 7. The molecular weight excluding hydrogens is 306 g/mol. The molecule has 0 aliphatic rings. The molecule has 5 heteroatoms. The third-order valence-corrected chi connectivity index (χ3v) is 3.55. The van der Waals surface area contributed by atoms with E-state index in [0.29, 0.717) is 29.2 Å². The summed E-state index contributed by atoms with van der Waals surface area (Å²) in [4.78, 5) is 12.5. The minimum atomic E-state index is -0.213. The summed E-state index contributed by atoms with van der Waals surface area (Å²) < 4.78 is 15.7. The largest absolute Gasteiger partial charge is 0.496 e. The molecule has 1 amide bonds. The average Bonchev–Trinajstić information content (AvgIpc) is 2.61. The van der Waals surface area contributed by atoms with E-state index < -0.39 is 0 Å². The zero-order chi connectivity index (χ0) is 17.5. The van der Waals surface area contributed by atoms with E-state index in [1.54, 1.807) is 63.8 Å². The van der Waals surface area contributed by atoms with Crippen LogP contribution in [0.3, 0.4) is 0 Å². The molecule has 2 aromatic carbocycles. The molecule has 1 N–H and O–H groups in total. The molecule has 0 aliphatic carbocycles. The second-order valence-corrected chi connectivity index (χ2v) is 5.04. The third-order valence-electron chi connectivity index (χ3n) is 3.55. The zero-order valence-corrected chi connectivity index (χ0v) is 14.1. The monoisotopic (exact) mass is 327 g/mol. The molecule has 0 aromatic heterocycles. The number of carbonyl (C=O) groups excluding carboxylic acids is 1. The van der Waals surface area contributed by atoms with Crippen LogP contribution in [0, 0.1) is 0 Å². The van der Waals surface area contributed by atoms with Gasteiger partial charge in [0.05, 0.1) is 21.3 Å². The summed E-state index contributed by atoms with van der Waals surface area (Å²) in [6.45, 7) is 3.73. The number of hydrogen-bond donors (Lipinski definition) is 1. The van der Waals surface area contributed by atoms with E-state index in [0.717, 1.165) is 11.3 Å². The summed E-state index contributed by atoms with van der Waals surface area (Å²) in [7, 11) is 4.72. The summed E-state index contributed by atoms with van der Waals surface area (Å²) in [6.07, 6.45) is 2.40. The van der Waals surface area contributed by atoms with Crippen LogP contribution in [0.15, 0.2) is 49.1 Å². The molecule has 0 unspecified atom stereocenters. The smallest absolute Gasteiger partial charge is 0.255 e. The first kappa shape index (κ1) is 17.4. The number of carbonyl (C=O) groups is 1. The van der Waals surface area contributed by atoms with Crippen molar-refractivity contribution >= 4 is 11.6 Å². The summed E-state index contributed by atoms with van der Waals surface area (Å²) in [5.41, 5.74) is 2.08. The number of allylic oxidation sites excluding steroid dienone is 1. The molecule has 24 heavy (non-hydrogen) atoms. The van der Waals surface area contributed by atoms with Gasteiger partial charge in [0.25, 0.3) is 5.91 Å². The highest BCUT2D eigenvalue weighted by Crippen LogP contribution is 2.30. The highest BCUT2D eigenvalue weighted by atomic mass is 16.5. The van der Waals surface area contributed by atoms with E-state index in [1.165, 1.54) is 0 Å². The van der Waals surface area contributed by atoms with Gasteiger partial charge < -0.3 is 19.5 Å². The van der Waals surface area contributed by atoms with Crippen LogP contribution < -0.4 is 19.5 Å². The lowest BCUT2D eigenvalue weighted by Gasteiger charge is -2.12. The van der Waals surface area contributed by atoms with Gasteiger partial charge in [0.15, 0.2) is 11.5 Å². The van der Waals surface area contributed by atoms with Gasteiger partial charge in [-0.05, 0) is 42.3 Å². The number of ether oxygens (including phenoxy) is 3. The molecule has 5 nitrogen and oxygen atoms in total. The van der Waals surface area contributed by atoms with Crippen LogP contribution in [-0.4, -0.2) is 27.2 Å². The molecule has 0 atom stereocenters. The Morgan fingerprint density at radius 3 is 2.29 bits per heavy atom. The molecule has 0 heterocycles. The number of methoxy groups -OCH3 is 3. The lowest BCUT2D eigenvalue weighted by Crippen LogP contribution is -2.12. The number of anilines is 1. The number of hydrogen-bond acceptors (Lipinski definition) is 4. The highest BCUT2D eigenvalue weighted by Gasteiger charge is 2.11. The van der Waals surface area contributed by atoms with E-state index in [-0.39, 0.29) is 5.91 Å². The summed E-state index contributed by atoms with van der Waals surface area (Å²) >= 11 is 0. The molecular formula is C19H21NO4. The molecule has 2 rings (SSSR count). The van der Waals surface area contributed by atoms with Crippen molar-refractivity contribution in [3.63, 3.8) is 0 Å². The second kappa shape index (κ2) is 8.06. The summed E-state index contributed by atoms with van der Waals surface area (Å²) in [6, 6.07) is 10.5. The number of nitrogens with one attached hydrogen (secondary N) is 1. The fourth-order valence-corrected chi connectivity index (χ4v) is 2.35. The van der Waals surface area contributed by atoms with Gasteiger partial charge in [-0.3, -0.25) is 4.79 Å². The predicted octanol–water partition coefficient (Wildman–Crippen LogP) is 3.69. The fourth-order valence-electron chi connectivity index (χ4n) is 2.35. The Hall–Kier alpha value is -2.95. The molecule has 0 saturated carbocycles. The van der Waals surface area contributed by atoms with Gasteiger partial charge in [0, 0.05) is 17.3 Å². The lowest BCUT2D eigenvalue weighted by atomic mass is 10.1. The Morgan fingerprint density at radius 2 is 1.67 bits per heavy atom. The SMILES string of the molecule is C=CCc1cc(C(=O)Nc2ccc(OC)c(OC)c2)ccc1OC.